The Labute approximate surface area is 181 Å². The van der Waals surface area contributed by atoms with Crippen molar-refractivity contribution in [3.63, 3.8) is 0 Å². The van der Waals surface area contributed by atoms with Gasteiger partial charge in [0.1, 0.15) is 11.8 Å². The van der Waals surface area contributed by atoms with Gasteiger partial charge >= 0.3 is 0 Å². The van der Waals surface area contributed by atoms with Crippen LogP contribution in [0.3, 0.4) is 0 Å². The molecular formula is C22H26Cl2N2O3. The quantitative estimate of drug-likeness (QED) is 0.654. The summed E-state index contributed by atoms with van der Waals surface area (Å²) in [5.74, 6) is 0.449. The van der Waals surface area contributed by atoms with Gasteiger partial charge in [-0.05, 0) is 48.2 Å². The number of likely N-dealkylation sites (N-methyl/N-ethyl adjacent to an activating group) is 1. The van der Waals surface area contributed by atoms with Gasteiger partial charge in [0.25, 0.3) is 5.91 Å². The standard InChI is InChI=1S/C22H26Cl2N2O3/c1-14(2)17-6-8-18(9-7-17)29-13-21(27)26(15(3)22(28)25-4)12-16-5-10-19(23)20(24)11-16/h5-11,14-15H,12-13H2,1-4H3,(H,25,28). The van der Waals surface area contributed by atoms with Gasteiger partial charge in [0.05, 0.1) is 10.0 Å². The number of carbonyl (C=O) groups excluding carboxylic acids is 2. The first-order valence-electron chi connectivity index (χ1n) is 9.40. The van der Waals surface area contributed by atoms with E-state index in [1.807, 2.05) is 24.3 Å². The second kappa shape index (κ2) is 10.5. The monoisotopic (exact) mass is 436 g/mol. The maximum Gasteiger partial charge on any atom is 0.261 e. The van der Waals surface area contributed by atoms with E-state index in [9.17, 15) is 9.59 Å². The highest BCUT2D eigenvalue weighted by atomic mass is 35.5. The molecule has 2 aromatic rings. The molecule has 0 saturated heterocycles. The van der Waals surface area contributed by atoms with Gasteiger partial charge < -0.3 is 15.0 Å². The number of halogens is 2. The summed E-state index contributed by atoms with van der Waals surface area (Å²) >= 11 is 12.0. The van der Waals surface area contributed by atoms with E-state index in [1.54, 1.807) is 25.1 Å². The average Bonchev–Trinajstić information content (AvgIpc) is 2.71. The lowest BCUT2D eigenvalue weighted by molar-refractivity contribution is -0.142. The topological polar surface area (TPSA) is 58.6 Å². The summed E-state index contributed by atoms with van der Waals surface area (Å²) in [6, 6.07) is 12.1. The Morgan fingerprint density at radius 2 is 1.69 bits per heavy atom. The molecule has 1 atom stereocenters. The molecule has 0 aromatic heterocycles. The minimum Gasteiger partial charge on any atom is -0.484 e. The summed E-state index contributed by atoms with van der Waals surface area (Å²) in [5.41, 5.74) is 1.96. The number of ether oxygens (including phenoxy) is 1. The van der Waals surface area contributed by atoms with E-state index in [1.165, 1.54) is 17.5 Å². The Morgan fingerprint density at radius 1 is 1.03 bits per heavy atom. The van der Waals surface area contributed by atoms with E-state index in [4.69, 9.17) is 27.9 Å². The Bertz CT molecular complexity index is 854. The summed E-state index contributed by atoms with van der Waals surface area (Å²) in [6.45, 7) is 5.93. The SMILES string of the molecule is CNC(=O)C(C)N(Cc1ccc(Cl)c(Cl)c1)C(=O)COc1ccc(C(C)C)cc1. The highest BCUT2D eigenvalue weighted by Gasteiger charge is 2.26. The zero-order valence-corrected chi connectivity index (χ0v) is 18.6. The predicted molar refractivity (Wildman–Crippen MR) is 117 cm³/mol. The molecule has 0 aliphatic rings. The van der Waals surface area contributed by atoms with Gasteiger partial charge in [-0.1, -0.05) is 55.2 Å². The van der Waals surface area contributed by atoms with Crippen LogP contribution in [0.2, 0.25) is 10.0 Å². The molecule has 0 aliphatic heterocycles. The first-order valence-corrected chi connectivity index (χ1v) is 10.2. The van der Waals surface area contributed by atoms with Crippen molar-refractivity contribution in [2.24, 2.45) is 0 Å². The predicted octanol–water partition coefficient (Wildman–Crippen LogP) is 4.66. The van der Waals surface area contributed by atoms with Crippen molar-refractivity contribution in [2.75, 3.05) is 13.7 Å². The Morgan fingerprint density at radius 3 is 2.24 bits per heavy atom. The molecule has 29 heavy (non-hydrogen) atoms. The average molecular weight is 437 g/mol. The van der Waals surface area contributed by atoms with Gasteiger partial charge in [0, 0.05) is 13.6 Å². The van der Waals surface area contributed by atoms with Crippen molar-refractivity contribution < 1.29 is 14.3 Å². The number of nitrogens with zero attached hydrogens (tertiary/aromatic N) is 1. The van der Waals surface area contributed by atoms with Crippen molar-refractivity contribution in [3.8, 4) is 5.75 Å². The smallest absolute Gasteiger partial charge is 0.261 e. The zero-order valence-electron chi connectivity index (χ0n) is 17.0. The molecule has 156 valence electrons. The first-order chi connectivity index (χ1) is 13.7. The summed E-state index contributed by atoms with van der Waals surface area (Å²) < 4.78 is 5.66. The fraction of sp³-hybridized carbons (Fsp3) is 0.364. The summed E-state index contributed by atoms with van der Waals surface area (Å²) in [7, 11) is 1.54. The molecule has 0 saturated carbocycles. The van der Waals surface area contributed by atoms with E-state index in [-0.39, 0.29) is 25.0 Å². The fourth-order valence-electron chi connectivity index (χ4n) is 2.80. The molecule has 0 heterocycles. The maximum atomic E-state index is 12.9. The Balaban J connectivity index is 2.13. The molecule has 2 amide bonds. The number of carbonyl (C=O) groups is 2. The lowest BCUT2D eigenvalue weighted by atomic mass is 10.0. The lowest BCUT2D eigenvalue weighted by Crippen LogP contribution is -2.48. The van der Waals surface area contributed by atoms with E-state index >= 15 is 0 Å². The van der Waals surface area contributed by atoms with Crippen LogP contribution in [-0.4, -0.2) is 36.4 Å². The maximum absolute atomic E-state index is 12.9. The van der Waals surface area contributed by atoms with Crippen molar-refractivity contribution in [3.05, 3.63) is 63.6 Å². The normalized spacial score (nSPS) is 11.8. The second-order valence-electron chi connectivity index (χ2n) is 7.07. The van der Waals surface area contributed by atoms with Gasteiger partial charge in [0.15, 0.2) is 6.61 Å². The van der Waals surface area contributed by atoms with Crippen LogP contribution in [0.25, 0.3) is 0 Å². The molecular weight excluding hydrogens is 411 g/mol. The Kier molecular flexibility index (Phi) is 8.35. The van der Waals surface area contributed by atoms with Crippen LogP contribution in [0, 0.1) is 0 Å². The number of benzene rings is 2. The van der Waals surface area contributed by atoms with Crippen molar-refractivity contribution >= 4 is 35.0 Å². The molecule has 0 aliphatic carbocycles. The zero-order chi connectivity index (χ0) is 21.6. The number of rotatable bonds is 8. The second-order valence-corrected chi connectivity index (χ2v) is 7.89. The van der Waals surface area contributed by atoms with Crippen LogP contribution >= 0.6 is 23.2 Å². The van der Waals surface area contributed by atoms with Crippen molar-refractivity contribution in [1.29, 1.82) is 0 Å². The molecule has 1 unspecified atom stereocenters. The van der Waals surface area contributed by atoms with E-state index in [0.29, 0.717) is 21.7 Å². The van der Waals surface area contributed by atoms with Crippen LogP contribution < -0.4 is 10.1 Å². The third kappa shape index (κ3) is 6.38. The summed E-state index contributed by atoms with van der Waals surface area (Å²) in [6.07, 6.45) is 0. The molecule has 5 nitrogen and oxygen atoms in total. The lowest BCUT2D eigenvalue weighted by Gasteiger charge is -2.28. The highest BCUT2D eigenvalue weighted by Crippen LogP contribution is 2.24. The molecule has 1 N–H and O–H groups in total. The van der Waals surface area contributed by atoms with Crippen LogP contribution in [0.15, 0.2) is 42.5 Å². The van der Waals surface area contributed by atoms with Crippen LogP contribution in [0.1, 0.15) is 37.8 Å². The van der Waals surface area contributed by atoms with Gasteiger partial charge in [-0.25, -0.2) is 0 Å². The molecule has 2 rings (SSSR count). The molecule has 2 aromatic carbocycles. The van der Waals surface area contributed by atoms with Gasteiger partial charge in [-0.3, -0.25) is 9.59 Å². The molecule has 0 radical (unpaired) electrons. The van der Waals surface area contributed by atoms with Gasteiger partial charge in [0.2, 0.25) is 5.91 Å². The fourth-order valence-corrected chi connectivity index (χ4v) is 3.12. The van der Waals surface area contributed by atoms with E-state index in [0.717, 1.165) is 5.56 Å². The number of hydrogen-bond acceptors (Lipinski definition) is 3. The van der Waals surface area contributed by atoms with Gasteiger partial charge in [-0.15, -0.1) is 0 Å². The molecule has 7 heteroatoms. The van der Waals surface area contributed by atoms with Crippen molar-refractivity contribution in [1.82, 2.24) is 10.2 Å². The minimum absolute atomic E-state index is 0.177. The summed E-state index contributed by atoms with van der Waals surface area (Å²) in [4.78, 5) is 26.5. The number of nitrogens with one attached hydrogen (secondary N) is 1. The molecule has 0 fully saturated rings. The molecule has 0 bridgehead atoms. The van der Waals surface area contributed by atoms with Gasteiger partial charge in [-0.2, -0.15) is 0 Å². The number of amides is 2. The third-order valence-electron chi connectivity index (χ3n) is 4.66. The van der Waals surface area contributed by atoms with E-state index < -0.39 is 6.04 Å². The van der Waals surface area contributed by atoms with Crippen molar-refractivity contribution in [2.45, 2.75) is 39.3 Å². The largest absolute Gasteiger partial charge is 0.484 e. The van der Waals surface area contributed by atoms with E-state index in [2.05, 4.69) is 19.2 Å². The first kappa shape index (κ1) is 23.0. The molecule has 0 spiro atoms. The summed E-state index contributed by atoms with van der Waals surface area (Å²) in [5, 5.41) is 3.40. The Hall–Kier alpha value is -2.24. The van der Waals surface area contributed by atoms with Crippen LogP contribution in [0.4, 0.5) is 0 Å². The van der Waals surface area contributed by atoms with Crippen LogP contribution in [0.5, 0.6) is 5.75 Å². The minimum atomic E-state index is -0.672. The van der Waals surface area contributed by atoms with Crippen LogP contribution in [-0.2, 0) is 16.1 Å². The number of hydrogen-bond donors (Lipinski definition) is 1. The highest BCUT2D eigenvalue weighted by molar-refractivity contribution is 6.42. The third-order valence-corrected chi connectivity index (χ3v) is 5.40.